The van der Waals surface area contributed by atoms with Gasteiger partial charge in [-0.25, -0.2) is 0 Å². The van der Waals surface area contributed by atoms with Crippen molar-refractivity contribution in [3.05, 3.63) is 28.6 Å². The molecule has 0 aromatic carbocycles. The van der Waals surface area contributed by atoms with Crippen LogP contribution in [0, 0.1) is 13.8 Å². The molecule has 1 aromatic rings. The van der Waals surface area contributed by atoms with E-state index < -0.39 is 0 Å². The zero-order valence-corrected chi connectivity index (χ0v) is 11.7. The van der Waals surface area contributed by atoms with Gasteiger partial charge in [0.1, 0.15) is 0 Å². The molecule has 0 aliphatic heterocycles. The first-order valence-corrected chi connectivity index (χ1v) is 6.00. The van der Waals surface area contributed by atoms with E-state index in [0.717, 1.165) is 0 Å². The number of hydrogen-bond donors (Lipinski definition) is 0. The number of hydrogen-bond acceptors (Lipinski definition) is 4. The highest BCUT2D eigenvalue weighted by molar-refractivity contribution is 6.01. The summed E-state index contributed by atoms with van der Waals surface area (Å²) in [5, 5.41) is 0. The molecule has 98 valence electrons. The molecule has 0 unspecified atom stereocenters. The second kappa shape index (κ2) is 5.87. The Hall–Kier alpha value is -1.55. The molecule has 1 heterocycles. The Labute approximate surface area is 108 Å². The minimum Gasteiger partial charge on any atom is -0.309 e. The number of aromatic nitrogens is 1. The van der Waals surface area contributed by atoms with Crippen molar-refractivity contribution in [3.8, 4) is 0 Å². The molecule has 0 aliphatic rings. The van der Waals surface area contributed by atoms with Crippen LogP contribution in [-0.2, 0) is 0 Å². The molecule has 0 fully saturated rings. The number of ketones is 2. The van der Waals surface area contributed by atoms with Crippen LogP contribution < -0.4 is 0 Å². The molecule has 1 aromatic heterocycles. The van der Waals surface area contributed by atoms with E-state index >= 15 is 0 Å². The monoisotopic (exact) mass is 248 g/mol. The van der Waals surface area contributed by atoms with Gasteiger partial charge in [0, 0.05) is 35.5 Å². The molecule has 0 N–H and O–H groups in total. The van der Waals surface area contributed by atoms with E-state index in [1.54, 1.807) is 19.9 Å². The van der Waals surface area contributed by atoms with Crippen molar-refractivity contribution in [1.82, 2.24) is 9.88 Å². The average Bonchev–Trinajstić information content (AvgIpc) is 2.25. The molecule has 18 heavy (non-hydrogen) atoms. The van der Waals surface area contributed by atoms with Crippen molar-refractivity contribution in [2.75, 3.05) is 20.6 Å². The summed E-state index contributed by atoms with van der Waals surface area (Å²) in [7, 11) is 3.85. The van der Waals surface area contributed by atoms with E-state index in [2.05, 4.69) is 4.98 Å². The van der Waals surface area contributed by atoms with Crippen LogP contribution in [0.4, 0.5) is 0 Å². The van der Waals surface area contributed by atoms with E-state index in [1.165, 1.54) is 6.92 Å². The Balaban J connectivity index is 3.05. The van der Waals surface area contributed by atoms with Gasteiger partial charge in [-0.1, -0.05) is 0 Å². The average molecular weight is 248 g/mol. The second-order valence-corrected chi connectivity index (χ2v) is 4.79. The maximum absolute atomic E-state index is 12.1. The topological polar surface area (TPSA) is 50.3 Å². The van der Waals surface area contributed by atoms with Gasteiger partial charge in [0.05, 0.1) is 0 Å². The number of carbonyl (C=O) groups is 2. The molecule has 0 bridgehead atoms. The predicted octanol–water partition coefficient (Wildman–Crippen LogP) is 2.04. The van der Waals surface area contributed by atoms with E-state index in [-0.39, 0.29) is 11.6 Å². The Morgan fingerprint density at radius 3 is 2.22 bits per heavy atom. The van der Waals surface area contributed by atoms with Crippen molar-refractivity contribution in [1.29, 1.82) is 0 Å². The molecule has 0 atom stereocenters. The molecule has 0 spiro atoms. The molecule has 1 rings (SSSR count). The Morgan fingerprint density at radius 1 is 1.17 bits per heavy atom. The van der Waals surface area contributed by atoms with Crippen LogP contribution in [0.1, 0.15) is 45.4 Å². The van der Waals surface area contributed by atoms with Crippen LogP contribution >= 0.6 is 0 Å². The number of nitrogens with zero attached hydrogens (tertiary/aromatic N) is 2. The summed E-state index contributed by atoms with van der Waals surface area (Å²) in [5.41, 5.74) is 2.48. The van der Waals surface area contributed by atoms with Crippen LogP contribution in [0.15, 0.2) is 6.07 Å². The summed E-state index contributed by atoms with van der Waals surface area (Å²) in [5.74, 6) is -0.0159. The smallest absolute Gasteiger partial charge is 0.165 e. The van der Waals surface area contributed by atoms with Gasteiger partial charge in [-0.2, -0.15) is 0 Å². The normalized spacial score (nSPS) is 10.8. The highest BCUT2D eigenvalue weighted by Crippen LogP contribution is 2.15. The van der Waals surface area contributed by atoms with Crippen LogP contribution in [0.25, 0.3) is 0 Å². The zero-order valence-electron chi connectivity index (χ0n) is 11.7. The van der Waals surface area contributed by atoms with E-state index in [4.69, 9.17) is 0 Å². The molecular formula is C14H20N2O2. The summed E-state index contributed by atoms with van der Waals surface area (Å²) in [6.45, 7) is 5.78. The largest absolute Gasteiger partial charge is 0.309 e. The van der Waals surface area contributed by atoms with Gasteiger partial charge in [-0.15, -0.1) is 0 Å². The van der Waals surface area contributed by atoms with Gasteiger partial charge in [0.2, 0.25) is 0 Å². The standard InChI is InChI=1S/C14H20N2O2/c1-9-12(11(3)17)8-13(10(2)15-9)14(18)6-7-16(4)5/h8H,6-7H2,1-5H3. The zero-order chi connectivity index (χ0) is 13.9. The molecule has 0 saturated heterocycles. The first-order valence-electron chi connectivity index (χ1n) is 6.00. The van der Waals surface area contributed by atoms with E-state index in [9.17, 15) is 9.59 Å². The molecule has 4 heteroatoms. The third kappa shape index (κ3) is 3.47. The SMILES string of the molecule is CC(=O)c1cc(C(=O)CCN(C)C)c(C)nc1C. The van der Waals surface area contributed by atoms with E-state index in [0.29, 0.717) is 35.5 Å². The Kier molecular flexibility index (Phi) is 4.73. The summed E-state index contributed by atoms with van der Waals surface area (Å²) in [6.07, 6.45) is 0.440. The van der Waals surface area contributed by atoms with E-state index in [1.807, 2.05) is 19.0 Å². The molecule has 0 saturated carbocycles. The minimum atomic E-state index is -0.0540. The fourth-order valence-corrected chi connectivity index (χ4v) is 1.82. The van der Waals surface area contributed by atoms with Crippen LogP contribution in [0.5, 0.6) is 0 Å². The third-order valence-electron chi connectivity index (χ3n) is 2.87. The maximum atomic E-state index is 12.1. The predicted molar refractivity (Wildman–Crippen MR) is 71.2 cm³/mol. The highest BCUT2D eigenvalue weighted by atomic mass is 16.1. The second-order valence-electron chi connectivity index (χ2n) is 4.79. The molecule has 0 amide bonds. The third-order valence-corrected chi connectivity index (χ3v) is 2.87. The highest BCUT2D eigenvalue weighted by Gasteiger charge is 2.15. The lowest BCUT2D eigenvalue weighted by Gasteiger charge is -2.11. The lowest BCUT2D eigenvalue weighted by atomic mass is 10.0. The molecular weight excluding hydrogens is 228 g/mol. The van der Waals surface area contributed by atoms with Crippen molar-refractivity contribution in [2.24, 2.45) is 0 Å². The van der Waals surface area contributed by atoms with Crippen molar-refractivity contribution >= 4 is 11.6 Å². The lowest BCUT2D eigenvalue weighted by Crippen LogP contribution is -2.18. The van der Waals surface area contributed by atoms with Gasteiger partial charge in [0.25, 0.3) is 0 Å². The quantitative estimate of drug-likeness (QED) is 0.748. The number of Topliss-reactive ketones (excluding diaryl/α,β-unsaturated/α-hetero) is 2. The van der Waals surface area contributed by atoms with Crippen LogP contribution in [0.2, 0.25) is 0 Å². The summed E-state index contributed by atoms with van der Waals surface area (Å²) < 4.78 is 0. The number of carbonyl (C=O) groups excluding carboxylic acids is 2. The summed E-state index contributed by atoms with van der Waals surface area (Å²) >= 11 is 0. The van der Waals surface area contributed by atoms with Gasteiger partial charge < -0.3 is 4.90 Å². The first kappa shape index (κ1) is 14.5. The molecule has 0 radical (unpaired) electrons. The number of aryl methyl sites for hydroxylation is 2. The van der Waals surface area contributed by atoms with Gasteiger partial charge in [-0.3, -0.25) is 14.6 Å². The Morgan fingerprint density at radius 2 is 1.72 bits per heavy atom. The van der Waals surface area contributed by atoms with Crippen LogP contribution in [0.3, 0.4) is 0 Å². The maximum Gasteiger partial charge on any atom is 0.165 e. The molecule has 0 aliphatic carbocycles. The summed E-state index contributed by atoms with van der Waals surface area (Å²) in [4.78, 5) is 29.8. The number of pyridine rings is 1. The van der Waals surface area contributed by atoms with Gasteiger partial charge in [-0.05, 0) is 40.9 Å². The lowest BCUT2D eigenvalue weighted by molar-refractivity contribution is 0.0971. The minimum absolute atomic E-state index is 0.0381. The summed E-state index contributed by atoms with van der Waals surface area (Å²) in [6, 6.07) is 1.68. The number of rotatable bonds is 5. The fraction of sp³-hybridized carbons (Fsp3) is 0.500. The van der Waals surface area contributed by atoms with Crippen molar-refractivity contribution in [3.63, 3.8) is 0 Å². The fourth-order valence-electron chi connectivity index (χ4n) is 1.82. The van der Waals surface area contributed by atoms with Gasteiger partial charge in [0.15, 0.2) is 11.6 Å². The first-order chi connectivity index (χ1) is 8.32. The van der Waals surface area contributed by atoms with Crippen molar-refractivity contribution < 1.29 is 9.59 Å². The van der Waals surface area contributed by atoms with Crippen LogP contribution in [-0.4, -0.2) is 42.1 Å². The van der Waals surface area contributed by atoms with Gasteiger partial charge >= 0.3 is 0 Å². The Bertz CT molecular complexity index is 479. The molecule has 4 nitrogen and oxygen atoms in total. The van der Waals surface area contributed by atoms with Crippen molar-refractivity contribution in [2.45, 2.75) is 27.2 Å².